The minimum Gasteiger partial charge on any atom is -0.397 e. The van der Waals surface area contributed by atoms with Crippen LogP contribution in [0.2, 0.25) is 0 Å². The van der Waals surface area contributed by atoms with Gasteiger partial charge in [0.1, 0.15) is 0 Å². The number of sulfone groups is 1. The molecule has 1 aromatic carbocycles. The van der Waals surface area contributed by atoms with Gasteiger partial charge in [0.2, 0.25) is 9.84 Å². The molecule has 0 saturated carbocycles. The van der Waals surface area contributed by atoms with Gasteiger partial charge in [-0.25, -0.2) is 13.4 Å². The Balaban J connectivity index is 2.50. The summed E-state index contributed by atoms with van der Waals surface area (Å²) in [4.78, 5) is 4.03. The van der Waals surface area contributed by atoms with E-state index < -0.39 is 9.84 Å². The number of aromatic nitrogens is 1. The van der Waals surface area contributed by atoms with E-state index in [0.717, 1.165) is 4.47 Å². The van der Waals surface area contributed by atoms with Crippen molar-refractivity contribution >= 4 is 31.5 Å². The third-order valence-corrected chi connectivity index (χ3v) is 4.37. The molecule has 2 N–H and O–H groups in total. The van der Waals surface area contributed by atoms with Crippen LogP contribution in [-0.4, -0.2) is 13.4 Å². The molecule has 88 valence electrons. The Morgan fingerprint density at radius 1 is 1.06 bits per heavy atom. The first-order valence-corrected chi connectivity index (χ1v) is 7.00. The maximum atomic E-state index is 12.1. The molecular formula is C11H9BrN2O2S. The molecule has 2 rings (SSSR count). The summed E-state index contributed by atoms with van der Waals surface area (Å²) >= 11 is 3.25. The van der Waals surface area contributed by atoms with Gasteiger partial charge >= 0.3 is 0 Å². The lowest BCUT2D eigenvalue weighted by Gasteiger charge is -2.03. The second-order valence-electron chi connectivity index (χ2n) is 3.39. The first-order valence-electron chi connectivity index (χ1n) is 4.72. The first-order chi connectivity index (χ1) is 8.00. The largest absolute Gasteiger partial charge is 0.397 e. The summed E-state index contributed by atoms with van der Waals surface area (Å²) in [5.74, 6) is 0. The van der Waals surface area contributed by atoms with Crippen LogP contribution in [0.3, 0.4) is 0 Å². The number of halogens is 1. The minimum absolute atomic E-state index is 0.00553. The predicted octanol–water partition coefficient (Wildman–Crippen LogP) is 2.26. The number of nitrogens with two attached hydrogens (primary N) is 1. The van der Waals surface area contributed by atoms with Crippen LogP contribution in [-0.2, 0) is 9.84 Å². The van der Waals surface area contributed by atoms with E-state index in [9.17, 15) is 8.42 Å². The Kier molecular flexibility index (Phi) is 3.17. The third-order valence-electron chi connectivity index (χ3n) is 2.16. The number of nitrogens with zero attached hydrogens (tertiary/aromatic N) is 1. The van der Waals surface area contributed by atoms with Gasteiger partial charge < -0.3 is 5.73 Å². The molecule has 0 bridgehead atoms. The highest BCUT2D eigenvalue weighted by Gasteiger charge is 2.18. The van der Waals surface area contributed by atoms with Crippen LogP contribution in [0.5, 0.6) is 0 Å². The standard InChI is InChI=1S/C11H9BrN2O2S/c12-8-1-4-10(5-2-8)17(15,16)11-6-3-9(13)7-14-11/h1-7H,13H2. The zero-order valence-electron chi connectivity index (χ0n) is 8.67. The fraction of sp³-hybridized carbons (Fsp3) is 0. The molecule has 0 atom stereocenters. The van der Waals surface area contributed by atoms with Crippen LogP contribution in [0.25, 0.3) is 0 Å². The molecule has 0 aliphatic heterocycles. The highest BCUT2D eigenvalue weighted by molar-refractivity contribution is 9.10. The van der Waals surface area contributed by atoms with Crippen molar-refractivity contribution in [3.05, 3.63) is 47.1 Å². The summed E-state index contributed by atoms with van der Waals surface area (Å²) in [6, 6.07) is 9.30. The monoisotopic (exact) mass is 312 g/mol. The first kappa shape index (κ1) is 12.1. The zero-order chi connectivity index (χ0) is 12.5. The van der Waals surface area contributed by atoms with Gasteiger partial charge in [-0.3, -0.25) is 0 Å². The molecule has 0 unspecified atom stereocenters. The lowest BCUT2D eigenvalue weighted by molar-refractivity contribution is 0.592. The van der Waals surface area contributed by atoms with Crippen LogP contribution in [0.1, 0.15) is 0 Å². The Morgan fingerprint density at radius 2 is 1.71 bits per heavy atom. The summed E-state index contributed by atoms with van der Waals surface area (Å²) < 4.78 is 25.1. The van der Waals surface area contributed by atoms with E-state index in [1.165, 1.54) is 30.5 Å². The maximum Gasteiger partial charge on any atom is 0.223 e. The molecule has 17 heavy (non-hydrogen) atoms. The summed E-state index contributed by atoms with van der Waals surface area (Å²) in [5.41, 5.74) is 5.90. The third kappa shape index (κ3) is 2.48. The molecule has 0 aliphatic rings. The van der Waals surface area contributed by atoms with Crippen molar-refractivity contribution in [1.82, 2.24) is 4.98 Å². The SMILES string of the molecule is Nc1ccc(S(=O)(=O)c2ccc(Br)cc2)nc1. The normalized spacial score (nSPS) is 11.4. The Labute approximate surface area is 108 Å². The summed E-state index contributed by atoms with van der Waals surface area (Å²) in [7, 11) is -3.56. The molecule has 0 aliphatic carbocycles. The van der Waals surface area contributed by atoms with Crippen LogP contribution in [0, 0.1) is 0 Å². The van der Waals surface area contributed by atoms with E-state index in [1.54, 1.807) is 12.1 Å². The van der Waals surface area contributed by atoms with Crippen molar-refractivity contribution in [2.24, 2.45) is 0 Å². The highest BCUT2D eigenvalue weighted by Crippen LogP contribution is 2.21. The van der Waals surface area contributed by atoms with Gasteiger partial charge in [0.25, 0.3) is 0 Å². The molecule has 0 radical (unpaired) electrons. The van der Waals surface area contributed by atoms with Gasteiger partial charge in [0, 0.05) is 4.47 Å². The van der Waals surface area contributed by atoms with Crippen molar-refractivity contribution in [2.45, 2.75) is 9.92 Å². The second kappa shape index (κ2) is 4.46. The number of anilines is 1. The van der Waals surface area contributed by atoms with E-state index in [1.807, 2.05) is 0 Å². The number of pyridine rings is 1. The lowest BCUT2D eigenvalue weighted by atomic mass is 10.4. The predicted molar refractivity (Wildman–Crippen MR) is 68.2 cm³/mol. The van der Waals surface area contributed by atoms with E-state index >= 15 is 0 Å². The van der Waals surface area contributed by atoms with Crippen molar-refractivity contribution < 1.29 is 8.42 Å². The Morgan fingerprint density at radius 3 is 2.24 bits per heavy atom. The summed E-state index contributed by atoms with van der Waals surface area (Å²) in [6.45, 7) is 0. The zero-order valence-corrected chi connectivity index (χ0v) is 11.1. The van der Waals surface area contributed by atoms with E-state index in [4.69, 9.17) is 5.73 Å². The van der Waals surface area contributed by atoms with Crippen molar-refractivity contribution in [1.29, 1.82) is 0 Å². The Bertz CT molecular complexity index is 570. The van der Waals surface area contributed by atoms with Gasteiger partial charge in [-0.05, 0) is 36.4 Å². The molecule has 1 heterocycles. The maximum absolute atomic E-state index is 12.1. The molecular weight excluding hydrogens is 304 g/mol. The fourth-order valence-corrected chi connectivity index (χ4v) is 2.72. The molecule has 0 saturated heterocycles. The summed E-state index contributed by atoms with van der Waals surface area (Å²) in [6.07, 6.45) is 1.33. The number of hydrogen-bond donors (Lipinski definition) is 1. The molecule has 2 aromatic rings. The van der Waals surface area contributed by atoms with Gasteiger partial charge in [-0.2, -0.15) is 0 Å². The molecule has 0 amide bonds. The number of rotatable bonds is 2. The fourth-order valence-electron chi connectivity index (χ4n) is 1.29. The number of benzene rings is 1. The van der Waals surface area contributed by atoms with Gasteiger partial charge in [-0.15, -0.1) is 0 Å². The molecule has 0 fully saturated rings. The van der Waals surface area contributed by atoms with Crippen LogP contribution < -0.4 is 5.73 Å². The van der Waals surface area contributed by atoms with Crippen LogP contribution in [0.15, 0.2) is 57.0 Å². The average Bonchev–Trinajstić information content (AvgIpc) is 2.30. The molecule has 6 heteroatoms. The van der Waals surface area contributed by atoms with E-state index in [0.29, 0.717) is 5.69 Å². The van der Waals surface area contributed by atoms with Crippen LogP contribution in [0.4, 0.5) is 5.69 Å². The van der Waals surface area contributed by atoms with Crippen molar-refractivity contribution in [3.63, 3.8) is 0 Å². The average molecular weight is 313 g/mol. The highest BCUT2D eigenvalue weighted by atomic mass is 79.9. The molecule has 1 aromatic heterocycles. The molecule has 4 nitrogen and oxygen atoms in total. The topological polar surface area (TPSA) is 73.1 Å². The van der Waals surface area contributed by atoms with Crippen molar-refractivity contribution in [2.75, 3.05) is 5.73 Å². The summed E-state index contributed by atoms with van der Waals surface area (Å²) in [5, 5.41) is -0.00553. The smallest absolute Gasteiger partial charge is 0.223 e. The van der Waals surface area contributed by atoms with E-state index in [2.05, 4.69) is 20.9 Å². The van der Waals surface area contributed by atoms with Gasteiger partial charge in [0.05, 0.1) is 16.8 Å². The van der Waals surface area contributed by atoms with Gasteiger partial charge in [-0.1, -0.05) is 15.9 Å². The molecule has 0 spiro atoms. The quantitative estimate of drug-likeness (QED) is 0.923. The van der Waals surface area contributed by atoms with Crippen molar-refractivity contribution in [3.8, 4) is 0 Å². The minimum atomic E-state index is -3.56. The lowest BCUT2D eigenvalue weighted by Crippen LogP contribution is -2.04. The van der Waals surface area contributed by atoms with E-state index in [-0.39, 0.29) is 9.92 Å². The number of hydrogen-bond acceptors (Lipinski definition) is 4. The second-order valence-corrected chi connectivity index (χ2v) is 6.20. The Hall–Kier alpha value is -1.40. The van der Waals surface area contributed by atoms with Gasteiger partial charge in [0.15, 0.2) is 5.03 Å². The number of nitrogen functional groups attached to an aromatic ring is 1. The van der Waals surface area contributed by atoms with Crippen LogP contribution >= 0.6 is 15.9 Å².